The number of anilines is 2. The van der Waals surface area contributed by atoms with Crippen molar-refractivity contribution < 1.29 is 17.9 Å². The van der Waals surface area contributed by atoms with Gasteiger partial charge in [-0.05, 0) is 30.3 Å². The Kier molecular flexibility index (Phi) is 5.36. The molecule has 24 heavy (non-hydrogen) atoms. The third-order valence-corrected chi connectivity index (χ3v) is 4.17. The molecule has 0 unspecified atom stereocenters. The summed E-state index contributed by atoms with van der Waals surface area (Å²) >= 11 is 5.97. The van der Waals surface area contributed by atoms with Gasteiger partial charge in [-0.25, -0.2) is 8.42 Å². The SMILES string of the molecule is COc1cccc(N(C)C(=O)c2ccc(Cl)c(NS(C)(=O)=O)c2)c1. The van der Waals surface area contributed by atoms with E-state index in [1.807, 2.05) is 0 Å². The Morgan fingerprint density at radius 2 is 1.92 bits per heavy atom. The Labute approximate surface area is 146 Å². The topological polar surface area (TPSA) is 75.7 Å². The van der Waals surface area contributed by atoms with Crippen LogP contribution in [0.5, 0.6) is 5.75 Å². The number of methoxy groups -OCH3 is 1. The van der Waals surface area contributed by atoms with Crippen LogP contribution in [0.15, 0.2) is 42.5 Å². The van der Waals surface area contributed by atoms with Crippen molar-refractivity contribution in [2.75, 3.05) is 30.0 Å². The lowest BCUT2D eigenvalue weighted by Gasteiger charge is -2.19. The Balaban J connectivity index is 2.33. The van der Waals surface area contributed by atoms with Crippen molar-refractivity contribution in [2.45, 2.75) is 0 Å². The number of hydrogen-bond donors (Lipinski definition) is 1. The lowest BCUT2D eigenvalue weighted by Crippen LogP contribution is -2.26. The van der Waals surface area contributed by atoms with Crippen molar-refractivity contribution in [2.24, 2.45) is 0 Å². The summed E-state index contributed by atoms with van der Waals surface area (Å²) in [7, 11) is -0.334. The number of amides is 1. The molecule has 0 aliphatic carbocycles. The van der Waals surface area contributed by atoms with Crippen molar-refractivity contribution in [3.8, 4) is 5.75 Å². The van der Waals surface area contributed by atoms with E-state index in [2.05, 4.69) is 4.72 Å². The van der Waals surface area contributed by atoms with Crippen molar-refractivity contribution in [1.29, 1.82) is 0 Å². The Morgan fingerprint density at radius 1 is 1.21 bits per heavy atom. The molecule has 0 bridgehead atoms. The van der Waals surface area contributed by atoms with E-state index in [9.17, 15) is 13.2 Å². The van der Waals surface area contributed by atoms with Crippen LogP contribution in [-0.2, 0) is 10.0 Å². The van der Waals surface area contributed by atoms with E-state index in [1.165, 1.54) is 23.1 Å². The molecule has 0 atom stereocenters. The van der Waals surface area contributed by atoms with Gasteiger partial charge in [0.15, 0.2) is 0 Å². The zero-order valence-electron chi connectivity index (χ0n) is 13.4. The summed E-state index contributed by atoms with van der Waals surface area (Å²) in [5.74, 6) is 0.319. The molecule has 0 heterocycles. The number of halogens is 1. The number of nitrogens with zero attached hydrogens (tertiary/aromatic N) is 1. The van der Waals surface area contributed by atoms with Crippen molar-refractivity contribution in [1.82, 2.24) is 0 Å². The number of rotatable bonds is 5. The number of sulfonamides is 1. The molecule has 2 rings (SSSR count). The minimum atomic E-state index is -3.50. The van der Waals surface area contributed by atoms with Gasteiger partial charge in [-0.1, -0.05) is 17.7 Å². The zero-order valence-corrected chi connectivity index (χ0v) is 15.0. The maximum absolute atomic E-state index is 12.6. The Bertz CT molecular complexity index is 868. The van der Waals surface area contributed by atoms with Gasteiger partial charge >= 0.3 is 0 Å². The molecule has 0 aromatic heterocycles. The van der Waals surface area contributed by atoms with Crippen LogP contribution in [0.2, 0.25) is 5.02 Å². The minimum Gasteiger partial charge on any atom is -0.497 e. The summed E-state index contributed by atoms with van der Waals surface area (Å²) in [5.41, 5.74) is 1.10. The highest BCUT2D eigenvalue weighted by molar-refractivity contribution is 7.92. The highest BCUT2D eigenvalue weighted by Gasteiger charge is 2.16. The molecule has 1 amide bonds. The standard InChI is InChI=1S/C16H17ClN2O4S/c1-19(12-5-4-6-13(10-12)23-2)16(20)11-7-8-14(17)15(9-11)18-24(3,21)22/h4-10,18H,1-3H3. The third kappa shape index (κ3) is 4.39. The smallest absolute Gasteiger partial charge is 0.258 e. The van der Waals surface area contributed by atoms with Gasteiger partial charge in [0.05, 0.1) is 24.1 Å². The summed E-state index contributed by atoms with van der Waals surface area (Å²) in [6.45, 7) is 0. The number of carbonyl (C=O) groups is 1. The highest BCUT2D eigenvalue weighted by atomic mass is 35.5. The summed E-state index contributed by atoms with van der Waals surface area (Å²) in [6, 6.07) is 11.5. The van der Waals surface area contributed by atoms with E-state index in [4.69, 9.17) is 16.3 Å². The summed E-state index contributed by atoms with van der Waals surface area (Å²) < 4.78 is 30.2. The lowest BCUT2D eigenvalue weighted by atomic mass is 10.1. The van der Waals surface area contributed by atoms with E-state index in [0.29, 0.717) is 17.0 Å². The number of carbonyl (C=O) groups excluding carboxylic acids is 1. The van der Waals surface area contributed by atoms with E-state index in [0.717, 1.165) is 6.26 Å². The molecule has 0 aliphatic rings. The molecule has 0 saturated carbocycles. The molecular formula is C16H17ClN2O4S. The quantitative estimate of drug-likeness (QED) is 0.880. The minimum absolute atomic E-state index is 0.157. The number of hydrogen-bond acceptors (Lipinski definition) is 4. The zero-order chi connectivity index (χ0) is 17.9. The average Bonchev–Trinajstić information content (AvgIpc) is 2.54. The summed E-state index contributed by atoms with van der Waals surface area (Å²) in [4.78, 5) is 14.1. The van der Waals surface area contributed by atoms with Crippen LogP contribution in [0, 0.1) is 0 Å². The molecule has 1 N–H and O–H groups in total. The first-order chi connectivity index (χ1) is 11.2. The summed E-state index contributed by atoms with van der Waals surface area (Å²) in [6.07, 6.45) is 1.01. The van der Waals surface area contributed by atoms with Crippen LogP contribution in [0.1, 0.15) is 10.4 Å². The summed E-state index contributed by atoms with van der Waals surface area (Å²) in [5, 5.41) is 0.209. The fraction of sp³-hybridized carbons (Fsp3) is 0.188. The van der Waals surface area contributed by atoms with Gasteiger partial charge in [0.1, 0.15) is 5.75 Å². The van der Waals surface area contributed by atoms with Crippen LogP contribution in [-0.4, -0.2) is 34.7 Å². The fourth-order valence-electron chi connectivity index (χ4n) is 2.07. The molecule has 0 saturated heterocycles. The molecule has 0 radical (unpaired) electrons. The Morgan fingerprint density at radius 3 is 2.54 bits per heavy atom. The molecule has 2 aromatic carbocycles. The van der Waals surface area contributed by atoms with Crippen molar-refractivity contribution in [3.63, 3.8) is 0 Å². The first-order valence-corrected chi connectivity index (χ1v) is 9.17. The molecule has 6 nitrogen and oxygen atoms in total. The van der Waals surface area contributed by atoms with Gasteiger partial charge in [-0.15, -0.1) is 0 Å². The second-order valence-electron chi connectivity index (χ2n) is 5.13. The monoisotopic (exact) mass is 368 g/mol. The van der Waals surface area contributed by atoms with Gasteiger partial charge in [0.25, 0.3) is 5.91 Å². The predicted molar refractivity (Wildman–Crippen MR) is 95.6 cm³/mol. The number of ether oxygens (including phenoxy) is 1. The maximum atomic E-state index is 12.6. The van der Waals surface area contributed by atoms with Gasteiger partial charge in [0, 0.05) is 24.4 Å². The second kappa shape index (κ2) is 7.11. The number of nitrogens with one attached hydrogen (secondary N) is 1. The predicted octanol–water partition coefficient (Wildman–Crippen LogP) is 3.00. The highest BCUT2D eigenvalue weighted by Crippen LogP contribution is 2.26. The lowest BCUT2D eigenvalue weighted by molar-refractivity contribution is 0.0993. The van der Waals surface area contributed by atoms with Crippen LogP contribution >= 0.6 is 11.6 Å². The maximum Gasteiger partial charge on any atom is 0.258 e. The number of benzene rings is 2. The van der Waals surface area contributed by atoms with E-state index in [-0.39, 0.29) is 16.6 Å². The van der Waals surface area contributed by atoms with Crippen LogP contribution in [0.25, 0.3) is 0 Å². The molecule has 8 heteroatoms. The van der Waals surface area contributed by atoms with Crippen LogP contribution < -0.4 is 14.4 Å². The van der Waals surface area contributed by atoms with Gasteiger partial charge < -0.3 is 9.64 Å². The third-order valence-electron chi connectivity index (χ3n) is 3.25. The molecule has 0 aliphatic heterocycles. The van der Waals surface area contributed by atoms with Crippen molar-refractivity contribution >= 4 is 38.9 Å². The van der Waals surface area contributed by atoms with Crippen LogP contribution in [0.4, 0.5) is 11.4 Å². The van der Waals surface area contributed by atoms with Crippen molar-refractivity contribution in [3.05, 3.63) is 53.1 Å². The molecule has 2 aromatic rings. The van der Waals surface area contributed by atoms with E-state index < -0.39 is 10.0 Å². The Hall–Kier alpha value is -2.25. The molecule has 128 valence electrons. The molecular weight excluding hydrogens is 352 g/mol. The first-order valence-electron chi connectivity index (χ1n) is 6.91. The fourth-order valence-corrected chi connectivity index (χ4v) is 2.86. The average molecular weight is 369 g/mol. The van der Waals surface area contributed by atoms with Gasteiger partial charge in [-0.3, -0.25) is 9.52 Å². The second-order valence-corrected chi connectivity index (χ2v) is 7.29. The van der Waals surface area contributed by atoms with Gasteiger partial charge in [-0.2, -0.15) is 0 Å². The normalized spacial score (nSPS) is 11.0. The van der Waals surface area contributed by atoms with Crippen LogP contribution in [0.3, 0.4) is 0 Å². The van der Waals surface area contributed by atoms with E-state index in [1.54, 1.807) is 38.4 Å². The largest absolute Gasteiger partial charge is 0.497 e. The van der Waals surface area contributed by atoms with E-state index >= 15 is 0 Å². The first kappa shape index (κ1) is 18.1. The molecule has 0 spiro atoms. The molecule has 0 fully saturated rings. The van der Waals surface area contributed by atoms with Gasteiger partial charge in [0.2, 0.25) is 10.0 Å².